The van der Waals surface area contributed by atoms with Crippen LogP contribution in [0.25, 0.3) is 0 Å². The maximum atomic E-state index is 11.6. The second-order valence-electron chi connectivity index (χ2n) is 6.59. The van der Waals surface area contributed by atoms with Crippen LogP contribution in [0.1, 0.15) is 39.2 Å². The van der Waals surface area contributed by atoms with Crippen LogP contribution >= 0.6 is 0 Å². The Morgan fingerprint density at radius 1 is 1.21 bits per heavy atom. The van der Waals surface area contributed by atoms with E-state index in [9.17, 15) is 14.7 Å². The van der Waals surface area contributed by atoms with E-state index in [1.165, 1.54) is 0 Å². The van der Waals surface area contributed by atoms with Crippen molar-refractivity contribution in [3.63, 3.8) is 0 Å². The van der Waals surface area contributed by atoms with Gasteiger partial charge in [-0.15, -0.1) is 0 Å². The highest BCUT2D eigenvalue weighted by atomic mass is 16.6. The normalized spacial score (nSPS) is 12.3. The summed E-state index contributed by atoms with van der Waals surface area (Å²) in [6.45, 7) is 5.45. The number of phenolic OH excluding ortho intramolecular Hbond substituents is 1. The number of carboxylic acid groups (broad SMARTS) is 1. The zero-order valence-corrected chi connectivity index (χ0v) is 14.3. The molecular formula is C17H26N2O5. The molecule has 1 aromatic rings. The lowest BCUT2D eigenvalue weighted by atomic mass is 10.0. The van der Waals surface area contributed by atoms with E-state index in [2.05, 4.69) is 10.6 Å². The molecule has 0 saturated heterocycles. The van der Waals surface area contributed by atoms with Crippen molar-refractivity contribution in [1.29, 1.82) is 0 Å². The zero-order valence-electron chi connectivity index (χ0n) is 14.3. The molecule has 0 aliphatic heterocycles. The molecule has 0 aromatic heterocycles. The van der Waals surface area contributed by atoms with Crippen molar-refractivity contribution in [2.75, 3.05) is 6.54 Å². The molecule has 0 unspecified atom stereocenters. The van der Waals surface area contributed by atoms with E-state index < -0.39 is 23.8 Å². The molecule has 0 spiro atoms. The van der Waals surface area contributed by atoms with Crippen LogP contribution in [0.3, 0.4) is 0 Å². The first-order valence-electron chi connectivity index (χ1n) is 7.90. The number of rotatable bonds is 7. The molecule has 24 heavy (non-hydrogen) atoms. The molecule has 0 bridgehead atoms. The Bertz CT molecular complexity index is 537. The van der Waals surface area contributed by atoms with E-state index in [0.29, 0.717) is 6.42 Å². The zero-order chi connectivity index (χ0) is 18.2. The van der Waals surface area contributed by atoms with E-state index in [1.54, 1.807) is 32.9 Å². The summed E-state index contributed by atoms with van der Waals surface area (Å²) in [6, 6.07) is 6.49. The Kier molecular flexibility index (Phi) is 7.35. The second-order valence-corrected chi connectivity index (χ2v) is 6.59. The monoisotopic (exact) mass is 338 g/mol. The standard InChI is InChI=1S/C17H26N2O5/c1-17(2,3)24-16(23)18-11-13(19-15(21)22)6-4-5-12-7-9-14(20)10-8-12/h7-10,13,19-20H,4-6,11H2,1-3H3,(H,18,23)(H,21,22)/t13-/m1/s1. The summed E-state index contributed by atoms with van der Waals surface area (Å²) in [5.74, 6) is 0.214. The summed E-state index contributed by atoms with van der Waals surface area (Å²) in [5.41, 5.74) is 0.459. The largest absolute Gasteiger partial charge is 0.508 e. The van der Waals surface area contributed by atoms with Crippen LogP contribution in [0.15, 0.2) is 24.3 Å². The number of phenols is 1. The van der Waals surface area contributed by atoms with Crippen LogP contribution in [0.5, 0.6) is 5.75 Å². The Morgan fingerprint density at radius 3 is 2.38 bits per heavy atom. The number of aromatic hydroxyl groups is 1. The van der Waals surface area contributed by atoms with Gasteiger partial charge < -0.3 is 25.6 Å². The molecule has 0 heterocycles. The smallest absolute Gasteiger partial charge is 0.407 e. The van der Waals surface area contributed by atoms with Gasteiger partial charge in [0.05, 0.1) is 0 Å². The SMILES string of the molecule is CC(C)(C)OC(=O)NC[C@@H](CCCc1ccc(O)cc1)NC(=O)O. The molecule has 1 rings (SSSR count). The van der Waals surface area contributed by atoms with Crippen LogP contribution < -0.4 is 10.6 Å². The van der Waals surface area contributed by atoms with Gasteiger partial charge in [-0.3, -0.25) is 0 Å². The highest BCUT2D eigenvalue weighted by Crippen LogP contribution is 2.12. The first-order chi connectivity index (χ1) is 11.2. The summed E-state index contributed by atoms with van der Waals surface area (Å²) in [7, 11) is 0. The Labute approximate surface area is 142 Å². The molecule has 2 amide bonds. The predicted octanol–water partition coefficient (Wildman–Crippen LogP) is 2.88. The Morgan fingerprint density at radius 2 is 1.83 bits per heavy atom. The number of benzene rings is 1. The molecule has 0 aliphatic carbocycles. The highest BCUT2D eigenvalue weighted by Gasteiger charge is 2.18. The Hall–Kier alpha value is -2.44. The molecule has 1 atom stereocenters. The summed E-state index contributed by atoms with van der Waals surface area (Å²) < 4.78 is 5.13. The quantitative estimate of drug-likeness (QED) is 0.611. The minimum Gasteiger partial charge on any atom is -0.508 e. The number of ether oxygens (including phenoxy) is 1. The topological polar surface area (TPSA) is 108 Å². The summed E-state index contributed by atoms with van der Waals surface area (Å²) >= 11 is 0. The number of aryl methyl sites for hydroxylation is 1. The average molecular weight is 338 g/mol. The van der Waals surface area contributed by atoms with E-state index in [-0.39, 0.29) is 12.3 Å². The lowest BCUT2D eigenvalue weighted by Gasteiger charge is -2.22. The first kappa shape index (κ1) is 19.6. The van der Waals surface area contributed by atoms with Crippen molar-refractivity contribution in [3.05, 3.63) is 29.8 Å². The molecule has 134 valence electrons. The molecule has 7 heteroatoms. The lowest BCUT2D eigenvalue weighted by molar-refractivity contribution is 0.0521. The number of carbonyl (C=O) groups excluding carboxylic acids is 1. The van der Waals surface area contributed by atoms with Crippen molar-refractivity contribution in [2.45, 2.75) is 51.7 Å². The summed E-state index contributed by atoms with van der Waals surface area (Å²) in [5, 5.41) is 23.1. The Balaban J connectivity index is 2.42. The van der Waals surface area contributed by atoms with Gasteiger partial charge in [0.2, 0.25) is 0 Å². The summed E-state index contributed by atoms with van der Waals surface area (Å²) in [4.78, 5) is 22.5. The first-order valence-corrected chi connectivity index (χ1v) is 7.90. The molecule has 0 fully saturated rings. The number of alkyl carbamates (subject to hydrolysis) is 1. The van der Waals surface area contributed by atoms with Gasteiger partial charge >= 0.3 is 12.2 Å². The van der Waals surface area contributed by atoms with Crippen molar-refractivity contribution in [3.8, 4) is 5.75 Å². The maximum Gasteiger partial charge on any atom is 0.407 e. The van der Waals surface area contributed by atoms with E-state index in [1.807, 2.05) is 12.1 Å². The molecule has 0 radical (unpaired) electrons. The van der Waals surface area contributed by atoms with Crippen LogP contribution in [0.2, 0.25) is 0 Å². The summed E-state index contributed by atoms with van der Waals surface area (Å²) in [6.07, 6.45) is 0.369. The van der Waals surface area contributed by atoms with Gasteiger partial charge in [-0.2, -0.15) is 0 Å². The van der Waals surface area contributed by atoms with Gasteiger partial charge in [-0.05, 0) is 57.7 Å². The van der Waals surface area contributed by atoms with Crippen LogP contribution in [-0.4, -0.2) is 40.6 Å². The second kappa shape index (κ2) is 9.00. The average Bonchev–Trinajstić information content (AvgIpc) is 2.44. The number of hydrogen-bond acceptors (Lipinski definition) is 4. The molecular weight excluding hydrogens is 312 g/mol. The number of hydrogen-bond donors (Lipinski definition) is 4. The molecule has 4 N–H and O–H groups in total. The highest BCUT2D eigenvalue weighted by molar-refractivity contribution is 5.68. The lowest BCUT2D eigenvalue weighted by Crippen LogP contribution is -2.44. The third-order valence-electron chi connectivity index (χ3n) is 3.17. The van der Waals surface area contributed by atoms with Crippen molar-refractivity contribution < 1.29 is 24.5 Å². The number of nitrogens with one attached hydrogen (secondary N) is 2. The van der Waals surface area contributed by atoms with E-state index in [4.69, 9.17) is 9.84 Å². The van der Waals surface area contributed by atoms with Crippen molar-refractivity contribution in [2.24, 2.45) is 0 Å². The van der Waals surface area contributed by atoms with Gasteiger partial charge in [0.25, 0.3) is 0 Å². The van der Waals surface area contributed by atoms with E-state index >= 15 is 0 Å². The van der Waals surface area contributed by atoms with E-state index in [0.717, 1.165) is 18.4 Å². The van der Waals surface area contributed by atoms with Crippen molar-refractivity contribution >= 4 is 12.2 Å². The fourth-order valence-corrected chi connectivity index (χ4v) is 2.14. The van der Waals surface area contributed by atoms with Crippen molar-refractivity contribution in [1.82, 2.24) is 10.6 Å². The van der Waals surface area contributed by atoms with Crippen LogP contribution in [0.4, 0.5) is 9.59 Å². The van der Waals surface area contributed by atoms with Crippen LogP contribution in [-0.2, 0) is 11.2 Å². The maximum absolute atomic E-state index is 11.6. The fourth-order valence-electron chi connectivity index (χ4n) is 2.14. The minimum absolute atomic E-state index is 0.163. The van der Waals surface area contributed by atoms with Crippen LogP contribution in [0, 0.1) is 0 Å². The fraction of sp³-hybridized carbons (Fsp3) is 0.529. The van der Waals surface area contributed by atoms with Gasteiger partial charge in [0.15, 0.2) is 0 Å². The van der Waals surface area contributed by atoms with Gasteiger partial charge in [0, 0.05) is 12.6 Å². The molecule has 0 saturated carbocycles. The molecule has 7 nitrogen and oxygen atoms in total. The number of amides is 2. The van der Waals surface area contributed by atoms with Gasteiger partial charge in [-0.1, -0.05) is 12.1 Å². The minimum atomic E-state index is -1.13. The molecule has 1 aromatic carbocycles. The third-order valence-corrected chi connectivity index (χ3v) is 3.17. The third kappa shape index (κ3) is 8.87. The number of carbonyl (C=O) groups is 2. The van der Waals surface area contributed by atoms with Gasteiger partial charge in [0.1, 0.15) is 11.4 Å². The predicted molar refractivity (Wildman–Crippen MR) is 90.2 cm³/mol. The van der Waals surface area contributed by atoms with Gasteiger partial charge in [-0.25, -0.2) is 9.59 Å². The molecule has 0 aliphatic rings.